The molecule has 72 valence electrons. The molecule has 2 aliphatic carbocycles. The minimum absolute atomic E-state index is 0.238. The Labute approximate surface area is 80.2 Å². The topological polar surface area (TPSA) is 20.2 Å². The molecule has 0 heterocycles. The normalized spacial score (nSPS) is 35.8. The monoisotopic (exact) mass is 178 g/mol. The smallest absolute Gasteiger partial charge is 0.0647 e. The van der Waals surface area contributed by atoms with Crippen molar-refractivity contribution >= 4 is 0 Å². The van der Waals surface area contributed by atoms with E-state index >= 15 is 0 Å². The summed E-state index contributed by atoms with van der Waals surface area (Å²) in [6.07, 6.45) is 9.00. The van der Waals surface area contributed by atoms with Gasteiger partial charge in [0.15, 0.2) is 0 Å². The van der Waals surface area contributed by atoms with E-state index in [1.54, 1.807) is 0 Å². The van der Waals surface area contributed by atoms with E-state index in [0.717, 1.165) is 0 Å². The van der Waals surface area contributed by atoms with Gasteiger partial charge in [0.05, 0.1) is 6.61 Å². The van der Waals surface area contributed by atoms with E-state index in [-0.39, 0.29) is 6.61 Å². The van der Waals surface area contributed by atoms with E-state index in [1.165, 1.54) is 18.4 Å². The minimum atomic E-state index is 0.238. The highest BCUT2D eigenvalue weighted by molar-refractivity contribution is 5.26. The Morgan fingerprint density at radius 1 is 1.46 bits per heavy atom. The number of aliphatic hydroxyl groups excluding tert-OH is 1. The summed E-state index contributed by atoms with van der Waals surface area (Å²) < 4.78 is 0. The first-order chi connectivity index (χ1) is 6.12. The number of hydrogen-bond acceptors (Lipinski definition) is 1. The third-order valence-corrected chi connectivity index (χ3v) is 3.41. The fourth-order valence-electron chi connectivity index (χ4n) is 2.83. The lowest BCUT2D eigenvalue weighted by atomic mass is 9.85. The van der Waals surface area contributed by atoms with Crippen molar-refractivity contribution in [3.63, 3.8) is 0 Å². The summed E-state index contributed by atoms with van der Waals surface area (Å²) in [4.78, 5) is 0. The molecule has 1 fully saturated rings. The van der Waals surface area contributed by atoms with Crippen LogP contribution in [0, 0.1) is 17.3 Å². The molecule has 1 heteroatoms. The van der Waals surface area contributed by atoms with E-state index in [4.69, 9.17) is 0 Å². The van der Waals surface area contributed by atoms with Crippen LogP contribution in [0.15, 0.2) is 23.8 Å². The van der Waals surface area contributed by atoms with Gasteiger partial charge in [-0.25, -0.2) is 0 Å². The van der Waals surface area contributed by atoms with Gasteiger partial charge in [-0.1, -0.05) is 32.1 Å². The summed E-state index contributed by atoms with van der Waals surface area (Å²) in [5.41, 5.74) is 1.69. The van der Waals surface area contributed by atoms with Gasteiger partial charge in [0.1, 0.15) is 0 Å². The highest BCUT2D eigenvalue weighted by Gasteiger charge is 2.39. The van der Waals surface area contributed by atoms with Crippen molar-refractivity contribution in [1.82, 2.24) is 0 Å². The van der Waals surface area contributed by atoms with E-state index in [1.807, 2.05) is 0 Å². The van der Waals surface area contributed by atoms with Crippen LogP contribution in [0.5, 0.6) is 0 Å². The predicted molar refractivity (Wildman–Crippen MR) is 54.3 cm³/mol. The molecule has 0 aliphatic heterocycles. The van der Waals surface area contributed by atoms with Crippen LogP contribution in [0.3, 0.4) is 0 Å². The Morgan fingerprint density at radius 2 is 2.23 bits per heavy atom. The number of hydrogen-bond donors (Lipinski definition) is 1. The van der Waals surface area contributed by atoms with Crippen molar-refractivity contribution < 1.29 is 5.11 Å². The molecule has 13 heavy (non-hydrogen) atoms. The van der Waals surface area contributed by atoms with Crippen LogP contribution in [0.25, 0.3) is 0 Å². The average Bonchev–Trinajstić information content (AvgIpc) is 2.37. The van der Waals surface area contributed by atoms with Gasteiger partial charge in [0.2, 0.25) is 0 Å². The standard InChI is InChI=1S/C12H18O/c1-12(2)6-9-4-3-5-10(8-13)11(9)7-12/h3-5,9,11,13H,6-8H2,1-2H3/t9-,11-/m0/s1. The molecule has 0 radical (unpaired) electrons. The Bertz CT molecular complexity index is 260. The van der Waals surface area contributed by atoms with E-state index < -0.39 is 0 Å². The molecular formula is C12H18O. The first kappa shape index (κ1) is 9.01. The van der Waals surface area contributed by atoms with Gasteiger partial charge in [-0.2, -0.15) is 0 Å². The molecule has 2 rings (SSSR count). The lowest BCUT2D eigenvalue weighted by molar-refractivity contribution is 0.301. The lowest BCUT2D eigenvalue weighted by Crippen LogP contribution is -2.13. The van der Waals surface area contributed by atoms with Gasteiger partial charge >= 0.3 is 0 Å². The molecule has 0 aromatic carbocycles. The van der Waals surface area contributed by atoms with Gasteiger partial charge in [0.25, 0.3) is 0 Å². The SMILES string of the molecule is CC1(C)C[C@@H]2C(CO)=CC=C[C@H]2C1. The van der Waals surface area contributed by atoms with Gasteiger partial charge in [-0.15, -0.1) is 0 Å². The fraction of sp³-hybridized carbons (Fsp3) is 0.667. The second kappa shape index (κ2) is 2.98. The second-order valence-electron chi connectivity index (χ2n) is 5.13. The summed E-state index contributed by atoms with van der Waals surface area (Å²) in [6.45, 7) is 4.89. The van der Waals surface area contributed by atoms with Gasteiger partial charge < -0.3 is 5.11 Å². The van der Waals surface area contributed by atoms with E-state index in [2.05, 4.69) is 32.1 Å². The summed E-state index contributed by atoms with van der Waals surface area (Å²) in [7, 11) is 0. The molecular weight excluding hydrogens is 160 g/mol. The van der Waals surface area contributed by atoms with Crippen molar-refractivity contribution in [2.45, 2.75) is 26.7 Å². The number of aliphatic hydroxyl groups is 1. The zero-order valence-electron chi connectivity index (χ0n) is 8.46. The van der Waals surface area contributed by atoms with Crippen LogP contribution in [0.1, 0.15) is 26.7 Å². The first-order valence-electron chi connectivity index (χ1n) is 5.10. The highest BCUT2D eigenvalue weighted by atomic mass is 16.3. The third-order valence-electron chi connectivity index (χ3n) is 3.41. The molecule has 2 aliphatic rings. The summed E-state index contributed by atoms with van der Waals surface area (Å²) in [5, 5.41) is 9.21. The molecule has 1 nitrogen and oxygen atoms in total. The molecule has 0 unspecified atom stereocenters. The average molecular weight is 178 g/mol. The molecule has 0 aromatic rings. The summed E-state index contributed by atoms with van der Waals surface area (Å²) >= 11 is 0. The van der Waals surface area contributed by atoms with Crippen LogP contribution < -0.4 is 0 Å². The predicted octanol–water partition coefficient (Wildman–Crippen LogP) is 2.53. The molecule has 0 bridgehead atoms. The van der Waals surface area contributed by atoms with Crippen LogP contribution in [0.4, 0.5) is 0 Å². The minimum Gasteiger partial charge on any atom is -0.392 e. The van der Waals surface area contributed by atoms with Crippen molar-refractivity contribution in [3.05, 3.63) is 23.8 Å². The lowest BCUT2D eigenvalue weighted by Gasteiger charge is -2.21. The van der Waals surface area contributed by atoms with Crippen LogP contribution in [-0.2, 0) is 0 Å². The van der Waals surface area contributed by atoms with Crippen LogP contribution in [-0.4, -0.2) is 11.7 Å². The van der Waals surface area contributed by atoms with Gasteiger partial charge in [-0.3, -0.25) is 0 Å². The van der Waals surface area contributed by atoms with E-state index in [9.17, 15) is 5.11 Å². The molecule has 1 N–H and O–H groups in total. The number of rotatable bonds is 1. The highest BCUT2D eigenvalue weighted by Crippen LogP contribution is 2.49. The van der Waals surface area contributed by atoms with Gasteiger partial charge in [-0.05, 0) is 35.7 Å². The van der Waals surface area contributed by atoms with Crippen molar-refractivity contribution in [3.8, 4) is 0 Å². The Kier molecular flexibility index (Phi) is 2.07. The number of allylic oxidation sites excluding steroid dienone is 3. The van der Waals surface area contributed by atoms with E-state index in [0.29, 0.717) is 17.3 Å². The maximum absolute atomic E-state index is 9.21. The molecule has 0 spiro atoms. The molecule has 0 saturated heterocycles. The molecule has 1 saturated carbocycles. The number of fused-ring (bicyclic) bond motifs is 1. The van der Waals surface area contributed by atoms with Crippen LogP contribution in [0.2, 0.25) is 0 Å². The fourth-order valence-corrected chi connectivity index (χ4v) is 2.83. The van der Waals surface area contributed by atoms with Crippen molar-refractivity contribution in [2.75, 3.05) is 6.61 Å². The Hall–Kier alpha value is -0.560. The Morgan fingerprint density at radius 3 is 2.92 bits per heavy atom. The second-order valence-corrected chi connectivity index (χ2v) is 5.13. The van der Waals surface area contributed by atoms with Gasteiger partial charge in [0, 0.05) is 0 Å². The summed E-state index contributed by atoms with van der Waals surface area (Å²) in [5.74, 6) is 1.30. The first-order valence-corrected chi connectivity index (χ1v) is 5.10. The maximum atomic E-state index is 9.21. The zero-order valence-corrected chi connectivity index (χ0v) is 8.46. The quantitative estimate of drug-likeness (QED) is 0.654. The summed E-state index contributed by atoms with van der Waals surface area (Å²) in [6, 6.07) is 0. The largest absolute Gasteiger partial charge is 0.392 e. The molecule has 0 amide bonds. The van der Waals surface area contributed by atoms with Crippen molar-refractivity contribution in [1.29, 1.82) is 0 Å². The third kappa shape index (κ3) is 1.58. The van der Waals surface area contributed by atoms with Crippen molar-refractivity contribution in [2.24, 2.45) is 17.3 Å². The maximum Gasteiger partial charge on any atom is 0.0647 e. The molecule has 0 aromatic heterocycles. The molecule has 2 atom stereocenters. The zero-order chi connectivity index (χ0) is 9.47. The Balaban J connectivity index is 2.21. The van der Waals surface area contributed by atoms with Crippen LogP contribution >= 0.6 is 0 Å².